The minimum absolute atomic E-state index is 0.0302. The average Bonchev–Trinajstić information content (AvgIpc) is 2.76. The first-order valence-corrected chi connectivity index (χ1v) is 15.0. The van der Waals surface area contributed by atoms with E-state index in [9.17, 15) is 35.7 Å². The maximum atomic E-state index is 13.1. The van der Waals surface area contributed by atoms with E-state index in [2.05, 4.69) is 12.6 Å². The van der Waals surface area contributed by atoms with Crippen molar-refractivity contribution in [2.24, 2.45) is 0 Å². The second kappa shape index (κ2) is 12.6. The van der Waals surface area contributed by atoms with Crippen LogP contribution < -0.4 is 9.84 Å². The number of hydrogen-bond acceptors (Lipinski definition) is 7. The highest BCUT2D eigenvalue weighted by molar-refractivity contribution is 14.2. The van der Waals surface area contributed by atoms with Gasteiger partial charge in [0.15, 0.2) is 0 Å². The molecule has 0 saturated heterocycles. The lowest BCUT2D eigenvalue weighted by Crippen LogP contribution is -2.17. The predicted octanol–water partition coefficient (Wildman–Crippen LogP) is 8.12. The Balaban J connectivity index is 2.45. The molecule has 1 atom stereocenters. The van der Waals surface area contributed by atoms with Crippen molar-refractivity contribution in [3.8, 4) is 5.75 Å². The number of anilines is 1. The molecule has 0 aliphatic heterocycles. The van der Waals surface area contributed by atoms with Gasteiger partial charge in [-0.2, -0.15) is 39.0 Å². The van der Waals surface area contributed by atoms with Crippen molar-refractivity contribution in [3.05, 3.63) is 58.1 Å². The van der Waals surface area contributed by atoms with E-state index in [0.29, 0.717) is 12.1 Å². The molecule has 2 aromatic carbocycles. The van der Waals surface area contributed by atoms with Crippen LogP contribution in [0, 0.1) is 0 Å². The summed E-state index contributed by atoms with van der Waals surface area (Å²) in [5, 5.41) is 1.93. The number of hydrogen-bond donors (Lipinski definition) is 2. The zero-order chi connectivity index (χ0) is 26.4. The Bertz CT molecular complexity index is 1060. The number of phosphoric ester groups is 1. The Morgan fingerprint density at radius 3 is 2.17 bits per heavy atom. The van der Waals surface area contributed by atoms with Gasteiger partial charge >= 0.3 is 20.2 Å². The number of nitrogens with one attached hydrogen (secondary N) is 1. The van der Waals surface area contributed by atoms with Crippen molar-refractivity contribution < 1.29 is 49.3 Å². The Kier molecular flexibility index (Phi) is 10.9. The summed E-state index contributed by atoms with van der Waals surface area (Å²) in [5.41, 5.74) is -4.50. The van der Waals surface area contributed by atoms with Gasteiger partial charge in [0.2, 0.25) is 0 Å². The highest BCUT2D eigenvalue weighted by Crippen LogP contribution is 2.51. The fraction of sp³-hybridized carbons (Fsp3) is 0.278. The minimum atomic E-state index is -5.12. The van der Waals surface area contributed by atoms with Gasteiger partial charge in [0, 0.05) is 16.5 Å². The molecule has 1 amide bonds. The standard InChI is InChI=1S/C18H14ClF6INO5PS2/c19-12-1-2-15(32-33(29,30-3-4-34)31-9-35-26)14(8-12)16(28)27-13-6-10(17(20,21)22)5-11(7-13)18(23,24)25/h1-2,5-8,34H,3-4,9H2,(H,27,28). The van der Waals surface area contributed by atoms with E-state index in [1.54, 1.807) is 0 Å². The molecule has 2 aromatic rings. The number of carbonyl (C=O) groups is 1. The quantitative estimate of drug-likeness (QED) is 0.0861. The maximum absolute atomic E-state index is 13.1. The largest absolute Gasteiger partial charge is 0.530 e. The molecule has 0 spiro atoms. The number of halogens is 8. The molecule has 1 N–H and O–H groups in total. The summed E-state index contributed by atoms with van der Waals surface area (Å²) >= 11 is 11.7. The van der Waals surface area contributed by atoms with Gasteiger partial charge in [0.1, 0.15) is 11.7 Å². The molecular formula is C18H14ClF6INO5PS2. The smallest absolute Gasteiger partial charge is 0.403 e. The molecule has 0 heterocycles. The second-order valence-corrected chi connectivity index (χ2v) is 11.1. The van der Waals surface area contributed by atoms with Crippen LogP contribution in [0.25, 0.3) is 0 Å². The SMILES string of the molecule is O=C(Nc1cc(C(F)(F)F)cc(C(F)(F)F)c1)c1cc(Cl)ccc1OP(=O)(OCCS)OCSI. The average molecular weight is 696 g/mol. The van der Waals surface area contributed by atoms with Gasteiger partial charge in [-0.05, 0) is 57.6 Å². The van der Waals surface area contributed by atoms with Gasteiger partial charge in [0.25, 0.3) is 5.91 Å². The molecular weight excluding hydrogens is 682 g/mol. The number of rotatable bonds is 10. The zero-order valence-electron chi connectivity index (χ0n) is 17.0. The molecule has 0 fully saturated rings. The summed E-state index contributed by atoms with van der Waals surface area (Å²) in [7, 11) is -3.19. The molecule has 0 radical (unpaired) electrons. The summed E-state index contributed by atoms with van der Waals surface area (Å²) in [5.74, 6) is -1.60. The van der Waals surface area contributed by atoms with Crippen LogP contribution in [0.5, 0.6) is 5.75 Å². The van der Waals surface area contributed by atoms with Gasteiger partial charge in [-0.3, -0.25) is 13.8 Å². The van der Waals surface area contributed by atoms with Gasteiger partial charge in [-0.15, -0.1) is 0 Å². The van der Waals surface area contributed by atoms with Gasteiger partial charge in [-0.1, -0.05) is 20.5 Å². The molecule has 0 saturated carbocycles. The van der Waals surface area contributed by atoms with Crippen LogP contribution in [0.2, 0.25) is 5.02 Å². The van der Waals surface area contributed by atoms with Gasteiger partial charge < -0.3 is 9.84 Å². The van der Waals surface area contributed by atoms with Crippen molar-refractivity contribution in [1.29, 1.82) is 0 Å². The summed E-state index contributed by atoms with van der Waals surface area (Å²) < 4.78 is 107. The van der Waals surface area contributed by atoms with Crippen molar-refractivity contribution in [2.45, 2.75) is 12.4 Å². The topological polar surface area (TPSA) is 73.9 Å². The van der Waals surface area contributed by atoms with Crippen molar-refractivity contribution in [1.82, 2.24) is 0 Å². The van der Waals surface area contributed by atoms with Crippen LogP contribution in [0.4, 0.5) is 32.0 Å². The first-order valence-electron chi connectivity index (χ1n) is 9.02. The number of carbonyl (C=O) groups excluding carboxylic acids is 1. The van der Waals surface area contributed by atoms with E-state index in [0.717, 1.165) is 21.1 Å². The van der Waals surface area contributed by atoms with Gasteiger partial charge in [0.05, 0.1) is 23.3 Å². The molecule has 1 unspecified atom stereocenters. The molecule has 17 heteroatoms. The molecule has 6 nitrogen and oxygen atoms in total. The van der Waals surface area contributed by atoms with E-state index >= 15 is 0 Å². The number of amides is 1. The van der Waals surface area contributed by atoms with Crippen molar-refractivity contribution in [2.75, 3.05) is 23.6 Å². The van der Waals surface area contributed by atoms with E-state index < -0.39 is 54.2 Å². The van der Waals surface area contributed by atoms with Crippen molar-refractivity contribution >= 4 is 73.8 Å². The summed E-state index contributed by atoms with van der Waals surface area (Å²) in [6.45, 7) is -0.161. The van der Waals surface area contributed by atoms with Crippen LogP contribution in [0.1, 0.15) is 21.5 Å². The monoisotopic (exact) mass is 695 g/mol. The summed E-state index contributed by atoms with van der Waals surface area (Å²) in [4.78, 5) is 12.8. The lowest BCUT2D eigenvalue weighted by molar-refractivity contribution is -0.143. The predicted molar refractivity (Wildman–Crippen MR) is 131 cm³/mol. The van der Waals surface area contributed by atoms with Crippen molar-refractivity contribution in [3.63, 3.8) is 0 Å². The molecule has 194 valence electrons. The lowest BCUT2D eigenvalue weighted by atomic mass is 10.1. The number of phosphoric acid groups is 1. The Hall–Kier alpha value is -0.840. The van der Waals surface area contributed by atoms with Crippen LogP contribution in [0.15, 0.2) is 36.4 Å². The summed E-state index contributed by atoms with van der Waals surface area (Å²) in [6, 6.07) is 3.96. The summed E-state index contributed by atoms with van der Waals surface area (Å²) in [6.07, 6.45) is -10.2. The van der Waals surface area contributed by atoms with E-state index in [1.807, 2.05) is 26.5 Å². The molecule has 2 rings (SSSR count). The Morgan fingerprint density at radius 1 is 1.06 bits per heavy atom. The minimum Gasteiger partial charge on any atom is -0.403 e. The van der Waals surface area contributed by atoms with Crippen LogP contribution >= 0.6 is 62.2 Å². The van der Waals surface area contributed by atoms with Gasteiger partial charge in [-0.25, -0.2) is 4.57 Å². The normalized spacial score (nSPS) is 13.9. The third-order valence-electron chi connectivity index (χ3n) is 3.84. The maximum Gasteiger partial charge on any atom is 0.530 e. The van der Waals surface area contributed by atoms with Crippen LogP contribution in [0.3, 0.4) is 0 Å². The highest BCUT2D eigenvalue weighted by Gasteiger charge is 2.37. The first-order chi connectivity index (χ1) is 16.2. The molecule has 0 aliphatic carbocycles. The van der Waals surface area contributed by atoms with E-state index in [1.165, 1.54) is 6.07 Å². The second-order valence-electron chi connectivity index (χ2n) is 6.34. The Labute approximate surface area is 222 Å². The third-order valence-corrected chi connectivity index (χ3v) is 6.76. The van der Waals surface area contributed by atoms with E-state index in [-0.39, 0.29) is 29.4 Å². The van der Waals surface area contributed by atoms with E-state index in [4.69, 9.17) is 25.2 Å². The fourth-order valence-electron chi connectivity index (χ4n) is 2.43. The fourth-order valence-corrected chi connectivity index (χ4v) is 5.43. The molecule has 0 bridgehead atoms. The highest BCUT2D eigenvalue weighted by atomic mass is 127. The van der Waals surface area contributed by atoms with Crippen LogP contribution in [-0.4, -0.2) is 24.2 Å². The lowest BCUT2D eigenvalue weighted by Gasteiger charge is -2.20. The molecule has 0 aromatic heterocycles. The number of thiol groups is 1. The first kappa shape index (κ1) is 30.4. The number of benzene rings is 2. The third kappa shape index (κ3) is 9.20. The number of alkyl halides is 6. The zero-order valence-corrected chi connectivity index (χ0v) is 22.5. The molecule has 35 heavy (non-hydrogen) atoms. The van der Waals surface area contributed by atoms with Crippen LogP contribution in [-0.2, 0) is 26.0 Å². The molecule has 0 aliphatic rings. The Morgan fingerprint density at radius 2 is 1.66 bits per heavy atom.